The number of hydrogen-bond donors (Lipinski definition) is 1. The lowest BCUT2D eigenvalue weighted by Crippen LogP contribution is -2.28. The smallest absolute Gasteiger partial charge is 0.379 e. The van der Waals surface area contributed by atoms with E-state index in [2.05, 4.69) is 6.92 Å². The summed E-state index contributed by atoms with van der Waals surface area (Å²) in [6, 6.07) is -1.42. The Bertz CT molecular complexity index is 293. The summed E-state index contributed by atoms with van der Waals surface area (Å²) in [5, 5.41) is 19.2. The zero-order valence-corrected chi connectivity index (χ0v) is 14.8. The average Bonchev–Trinajstić information content (AvgIpc) is 2.50. The van der Waals surface area contributed by atoms with Gasteiger partial charge in [0, 0.05) is 11.3 Å². The fourth-order valence-corrected chi connectivity index (χ4v) is 2.85. The molecule has 0 spiro atoms. The molecule has 0 saturated carbocycles. The second-order valence-corrected chi connectivity index (χ2v) is 6.52. The number of aliphatic carboxylic acids is 1. The van der Waals surface area contributed by atoms with Gasteiger partial charge < -0.3 is 5.11 Å². The first-order chi connectivity index (χ1) is 11.1. The van der Waals surface area contributed by atoms with Gasteiger partial charge in [-0.3, -0.25) is 10.1 Å². The molecule has 0 fully saturated rings. The maximum atomic E-state index is 10.7. The first-order valence-corrected chi connectivity index (χ1v) is 9.46. The SMILES string of the molecule is CCCCCCCCCCCCCCCCC(C(=O)O)[N+](=O)[O-]. The van der Waals surface area contributed by atoms with Crippen molar-refractivity contribution in [1.82, 2.24) is 0 Å². The molecule has 0 heterocycles. The van der Waals surface area contributed by atoms with Crippen LogP contribution in [0.3, 0.4) is 0 Å². The molecule has 0 aromatic heterocycles. The number of rotatable bonds is 17. The van der Waals surface area contributed by atoms with Crippen LogP contribution in [0.25, 0.3) is 0 Å². The molecule has 23 heavy (non-hydrogen) atoms. The van der Waals surface area contributed by atoms with Crippen LogP contribution in [0, 0.1) is 10.1 Å². The maximum Gasteiger partial charge on any atom is 0.379 e. The van der Waals surface area contributed by atoms with Crippen LogP contribution in [0.1, 0.15) is 103 Å². The molecular formula is C18H35NO4. The topological polar surface area (TPSA) is 80.4 Å². The molecule has 1 N–H and O–H groups in total. The van der Waals surface area contributed by atoms with E-state index in [-0.39, 0.29) is 6.42 Å². The van der Waals surface area contributed by atoms with E-state index in [1.807, 2.05) is 0 Å². The van der Waals surface area contributed by atoms with Crippen molar-refractivity contribution in [2.75, 3.05) is 0 Å². The van der Waals surface area contributed by atoms with E-state index < -0.39 is 16.9 Å². The third-order valence-electron chi connectivity index (χ3n) is 4.37. The van der Waals surface area contributed by atoms with Crippen LogP contribution in [-0.4, -0.2) is 22.0 Å². The van der Waals surface area contributed by atoms with Crippen LogP contribution in [0.4, 0.5) is 0 Å². The predicted octanol–water partition coefficient (Wildman–Crippen LogP) is 5.59. The fraction of sp³-hybridized carbons (Fsp3) is 0.944. The minimum atomic E-state index is -1.42. The van der Waals surface area contributed by atoms with E-state index in [0.717, 1.165) is 19.3 Å². The van der Waals surface area contributed by atoms with E-state index in [0.29, 0.717) is 6.42 Å². The van der Waals surface area contributed by atoms with Gasteiger partial charge in [-0.15, -0.1) is 0 Å². The molecule has 5 heteroatoms. The van der Waals surface area contributed by atoms with E-state index in [1.54, 1.807) is 0 Å². The second kappa shape index (κ2) is 15.8. The number of carbonyl (C=O) groups is 1. The third kappa shape index (κ3) is 14.2. The second-order valence-electron chi connectivity index (χ2n) is 6.52. The van der Waals surface area contributed by atoms with Gasteiger partial charge in [0.05, 0.1) is 0 Å². The van der Waals surface area contributed by atoms with Crippen molar-refractivity contribution in [2.24, 2.45) is 0 Å². The highest BCUT2D eigenvalue weighted by Crippen LogP contribution is 2.14. The predicted molar refractivity (Wildman–Crippen MR) is 93.3 cm³/mol. The lowest BCUT2D eigenvalue weighted by Gasteiger charge is -2.05. The Kier molecular flexibility index (Phi) is 15.0. The molecule has 0 aromatic carbocycles. The van der Waals surface area contributed by atoms with Gasteiger partial charge in [-0.05, 0) is 6.42 Å². The summed E-state index contributed by atoms with van der Waals surface area (Å²) in [5.41, 5.74) is 0. The number of carboxylic acid groups (broad SMARTS) is 1. The summed E-state index contributed by atoms with van der Waals surface area (Å²) >= 11 is 0. The van der Waals surface area contributed by atoms with E-state index in [9.17, 15) is 14.9 Å². The van der Waals surface area contributed by atoms with Crippen molar-refractivity contribution in [2.45, 2.75) is 109 Å². The summed E-state index contributed by atoms with van der Waals surface area (Å²) in [5.74, 6) is -1.32. The zero-order chi connectivity index (χ0) is 17.3. The first kappa shape index (κ1) is 21.9. The minimum absolute atomic E-state index is 0.153. The Hall–Kier alpha value is -1.13. The molecule has 0 aromatic rings. The highest BCUT2D eigenvalue weighted by molar-refractivity contribution is 5.71. The van der Waals surface area contributed by atoms with Crippen LogP contribution >= 0.6 is 0 Å². The summed E-state index contributed by atoms with van der Waals surface area (Å²) in [4.78, 5) is 20.5. The van der Waals surface area contributed by atoms with Gasteiger partial charge in [0.15, 0.2) is 0 Å². The normalized spacial score (nSPS) is 12.2. The van der Waals surface area contributed by atoms with Crippen molar-refractivity contribution in [1.29, 1.82) is 0 Å². The van der Waals surface area contributed by atoms with Crippen LogP contribution in [0.5, 0.6) is 0 Å². The van der Waals surface area contributed by atoms with Gasteiger partial charge in [0.25, 0.3) is 0 Å². The molecule has 1 atom stereocenters. The van der Waals surface area contributed by atoms with Gasteiger partial charge >= 0.3 is 12.0 Å². The number of nitrogens with zero attached hydrogens (tertiary/aromatic N) is 1. The first-order valence-electron chi connectivity index (χ1n) is 9.46. The van der Waals surface area contributed by atoms with Gasteiger partial charge in [-0.25, -0.2) is 4.79 Å². The molecule has 0 bridgehead atoms. The van der Waals surface area contributed by atoms with Gasteiger partial charge in [-0.1, -0.05) is 90.4 Å². The van der Waals surface area contributed by atoms with Gasteiger partial charge in [0.2, 0.25) is 0 Å². The summed E-state index contributed by atoms with van der Waals surface area (Å²) in [6.07, 6.45) is 17.3. The largest absolute Gasteiger partial charge is 0.476 e. The van der Waals surface area contributed by atoms with Crippen molar-refractivity contribution in [3.63, 3.8) is 0 Å². The maximum absolute atomic E-state index is 10.7. The van der Waals surface area contributed by atoms with Crippen LogP contribution in [0.2, 0.25) is 0 Å². The Labute approximate surface area is 141 Å². The van der Waals surface area contributed by atoms with E-state index in [4.69, 9.17) is 5.11 Å². The number of hydrogen-bond acceptors (Lipinski definition) is 3. The number of unbranched alkanes of at least 4 members (excludes halogenated alkanes) is 13. The average molecular weight is 329 g/mol. The van der Waals surface area contributed by atoms with Crippen molar-refractivity contribution >= 4 is 5.97 Å². The van der Waals surface area contributed by atoms with Crippen LogP contribution in [0.15, 0.2) is 0 Å². The molecule has 0 aliphatic heterocycles. The van der Waals surface area contributed by atoms with Crippen LogP contribution in [-0.2, 0) is 4.79 Å². The van der Waals surface area contributed by atoms with Crippen LogP contribution < -0.4 is 0 Å². The standard InChI is InChI=1S/C18H35NO4/c1-2-3-4-5-6-7-8-9-10-11-12-13-14-15-16-17(18(20)21)19(22)23/h17H,2-16H2,1H3,(H,20,21). The lowest BCUT2D eigenvalue weighted by molar-refractivity contribution is -0.511. The molecule has 5 nitrogen and oxygen atoms in total. The molecule has 0 aliphatic rings. The Morgan fingerprint density at radius 2 is 1.17 bits per heavy atom. The third-order valence-corrected chi connectivity index (χ3v) is 4.37. The Balaban J connectivity index is 3.24. The summed E-state index contributed by atoms with van der Waals surface area (Å²) in [6.45, 7) is 2.24. The quantitative estimate of drug-likeness (QED) is 0.214. The van der Waals surface area contributed by atoms with Crippen molar-refractivity contribution in [3.05, 3.63) is 10.1 Å². The number of nitro groups is 1. The highest BCUT2D eigenvalue weighted by atomic mass is 16.6. The molecule has 0 radical (unpaired) electrons. The summed E-state index contributed by atoms with van der Waals surface area (Å²) in [7, 11) is 0. The fourth-order valence-electron chi connectivity index (χ4n) is 2.85. The van der Waals surface area contributed by atoms with Gasteiger partial charge in [-0.2, -0.15) is 0 Å². The van der Waals surface area contributed by atoms with Crippen molar-refractivity contribution in [3.8, 4) is 0 Å². The monoisotopic (exact) mass is 329 g/mol. The summed E-state index contributed by atoms with van der Waals surface area (Å²) < 4.78 is 0. The number of carboxylic acids is 1. The van der Waals surface area contributed by atoms with E-state index in [1.165, 1.54) is 64.2 Å². The van der Waals surface area contributed by atoms with E-state index >= 15 is 0 Å². The molecule has 0 rings (SSSR count). The van der Waals surface area contributed by atoms with Crippen molar-refractivity contribution < 1.29 is 14.8 Å². The molecular weight excluding hydrogens is 294 g/mol. The zero-order valence-electron chi connectivity index (χ0n) is 14.8. The minimum Gasteiger partial charge on any atom is -0.476 e. The molecule has 136 valence electrons. The highest BCUT2D eigenvalue weighted by Gasteiger charge is 2.27. The molecule has 0 saturated heterocycles. The molecule has 1 unspecified atom stereocenters. The molecule has 0 aliphatic carbocycles. The Morgan fingerprint density at radius 1 is 0.826 bits per heavy atom. The Morgan fingerprint density at radius 3 is 1.48 bits per heavy atom. The van der Waals surface area contributed by atoms with Gasteiger partial charge in [0.1, 0.15) is 0 Å². The molecule has 0 amide bonds. The lowest BCUT2D eigenvalue weighted by atomic mass is 10.0.